The van der Waals surface area contributed by atoms with Crippen molar-refractivity contribution in [2.75, 3.05) is 39.2 Å². The van der Waals surface area contributed by atoms with Gasteiger partial charge < -0.3 is 20.1 Å². The third-order valence-electron chi connectivity index (χ3n) is 4.22. The Kier molecular flexibility index (Phi) is 5.49. The molecule has 1 aliphatic rings. The standard InChI is InChI=1S/C15H22N4O4/c1-16-14-17-8-11(9-18-14)12(20)19-6-3-4-15(10-19,13(21)22)5-7-23-2/h8-9H,3-7,10H2,1-2H3,(H,21,22)(H,16,17,18). The van der Waals surface area contributed by atoms with Crippen molar-refractivity contribution in [3.8, 4) is 0 Å². The largest absolute Gasteiger partial charge is 0.481 e. The zero-order valence-electron chi connectivity index (χ0n) is 13.4. The quantitative estimate of drug-likeness (QED) is 0.800. The van der Waals surface area contributed by atoms with Crippen LogP contribution in [0.15, 0.2) is 12.4 Å². The van der Waals surface area contributed by atoms with Gasteiger partial charge in [0.25, 0.3) is 5.91 Å². The molecule has 0 aromatic carbocycles. The van der Waals surface area contributed by atoms with E-state index in [1.54, 1.807) is 19.1 Å². The van der Waals surface area contributed by atoms with Gasteiger partial charge in [-0.05, 0) is 19.3 Å². The molecule has 23 heavy (non-hydrogen) atoms. The van der Waals surface area contributed by atoms with E-state index in [1.165, 1.54) is 12.4 Å². The normalized spacial score (nSPS) is 21.0. The molecule has 1 atom stereocenters. The van der Waals surface area contributed by atoms with Crippen LogP contribution in [0.5, 0.6) is 0 Å². The number of carbonyl (C=O) groups is 2. The summed E-state index contributed by atoms with van der Waals surface area (Å²) in [7, 11) is 3.24. The zero-order valence-corrected chi connectivity index (χ0v) is 13.4. The molecule has 2 heterocycles. The first kappa shape index (κ1) is 17.1. The number of piperidine rings is 1. The van der Waals surface area contributed by atoms with Gasteiger partial charge in [0, 0.05) is 46.2 Å². The number of ether oxygens (including phenoxy) is 1. The van der Waals surface area contributed by atoms with Crippen LogP contribution in [0.2, 0.25) is 0 Å². The molecular formula is C15H22N4O4. The third kappa shape index (κ3) is 3.76. The van der Waals surface area contributed by atoms with E-state index in [9.17, 15) is 14.7 Å². The van der Waals surface area contributed by atoms with Gasteiger partial charge in [-0.2, -0.15) is 0 Å². The Hall–Kier alpha value is -2.22. The van der Waals surface area contributed by atoms with Crippen LogP contribution in [0, 0.1) is 5.41 Å². The Balaban J connectivity index is 2.14. The van der Waals surface area contributed by atoms with Crippen molar-refractivity contribution in [2.45, 2.75) is 19.3 Å². The number of nitrogens with zero attached hydrogens (tertiary/aromatic N) is 3. The number of nitrogens with one attached hydrogen (secondary N) is 1. The summed E-state index contributed by atoms with van der Waals surface area (Å²) in [5.41, 5.74) is -0.590. The van der Waals surface area contributed by atoms with Crippen molar-refractivity contribution in [1.29, 1.82) is 0 Å². The van der Waals surface area contributed by atoms with Gasteiger partial charge in [-0.3, -0.25) is 9.59 Å². The molecule has 8 heteroatoms. The lowest BCUT2D eigenvalue weighted by atomic mass is 9.77. The number of carboxylic acids is 1. The van der Waals surface area contributed by atoms with E-state index >= 15 is 0 Å². The maximum Gasteiger partial charge on any atom is 0.311 e. The van der Waals surface area contributed by atoms with Gasteiger partial charge in [-0.1, -0.05) is 0 Å². The number of aliphatic carboxylic acids is 1. The molecule has 8 nitrogen and oxygen atoms in total. The molecule has 2 rings (SSSR count). The molecule has 1 amide bonds. The highest BCUT2D eigenvalue weighted by Gasteiger charge is 2.43. The first-order valence-corrected chi connectivity index (χ1v) is 7.54. The molecule has 126 valence electrons. The number of likely N-dealkylation sites (tertiary alicyclic amines) is 1. The summed E-state index contributed by atoms with van der Waals surface area (Å²) < 4.78 is 5.03. The summed E-state index contributed by atoms with van der Waals surface area (Å²) in [5.74, 6) is -0.690. The van der Waals surface area contributed by atoms with Gasteiger partial charge in [-0.25, -0.2) is 9.97 Å². The number of anilines is 1. The molecule has 1 aromatic heterocycles. The molecule has 1 fully saturated rings. The topological polar surface area (TPSA) is 105 Å². The summed E-state index contributed by atoms with van der Waals surface area (Å²) in [5, 5.41) is 12.4. The fraction of sp³-hybridized carbons (Fsp3) is 0.600. The summed E-state index contributed by atoms with van der Waals surface area (Å²) in [4.78, 5) is 34.0. The highest BCUT2D eigenvalue weighted by atomic mass is 16.5. The summed E-state index contributed by atoms with van der Waals surface area (Å²) in [6, 6.07) is 0. The second kappa shape index (κ2) is 7.36. The number of aromatic nitrogens is 2. The molecule has 1 unspecified atom stereocenters. The van der Waals surface area contributed by atoms with E-state index in [4.69, 9.17) is 4.74 Å². The number of carboxylic acid groups (broad SMARTS) is 1. The van der Waals surface area contributed by atoms with Gasteiger partial charge in [0.1, 0.15) is 0 Å². The smallest absolute Gasteiger partial charge is 0.311 e. The Morgan fingerprint density at radius 2 is 2.13 bits per heavy atom. The first-order valence-electron chi connectivity index (χ1n) is 7.54. The highest BCUT2D eigenvalue weighted by Crippen LogP contribution is 2.34. The minimum atomic E-state index is -0.949. The van der Waals surface area contributed by atoms with Crippen molar-refractivity contribution < 1.29 is 19.4 Å². The molecule has 2 N–H and O–H groups in total. The van der Waals surface area contributed by atoms with E-state index in [0.717, 1.165) is 0 Å². The lowest BCUT2D eigenvalue weighted by Crippen LogP contribution is -2.50. The van der Waals surface area contributed by atoms with Crippen molar-refractivity contribution in [3.63, 3.8) is 0 Å². The van der Waals surface area contributed by atoms with Gasteiger partial charge in [0.2, 0.25) is 5.95 Å². The average Bonchev–Trinajstić information content (AvgIpc) is 2.59. The Morgan fingerprint density at radius 3 is 2.70 bits per heavy atom. The second-order valence-electron chi connectivity index (χ2n) is 5.70. The molecule has 0 saturated carbocycles. The minimum Gasteiger partial charge on any atom is -0.481 e. The molecule has 0 spiro atoms. The lowest BCUT2D eigenvalue weighted by molar-refractivity contribution is -0.153. The number of rotatable bonds is 6. The van der Waals surface area contributed by atoms with E-state index in [0.29, 0.717) is 43.9 Å². The first-order chi connectivity index (χ1) is 11.0. The molecular weight excluding hydrogens is 300 g/mol. The predicted octanol–water partition coefficient (Wildman–Crippen LogP) is 0.862. The lowest BCUT2D eigenvalue weighted by Gasteiger charge is -2.39. The van der Waals surface area contributed by atoms with Crippen LogP contribution in [-0.2, 0) is 9.53 Å². The maximum atomic E-state index is 12.6. The van der Waals surface area contributed by atoms with Gasteiger partial charge in [-0.15, -0.1) is 0 Å². The van der Waals surface area contributed by atoms with Crippen LogP contribution in [0.25, 0.3) is 0 Å². The van der Waals surface area contributed by atoms with E-state index in [2.05, 4.69) is 15.3 Å². The number of methoxy groups -OCH3 is 1. The summed E-state index contributed by atoms with van der Waals surface area (Å²) in [6.45, 7) is 1.07. The van der Waals surface area contributed by atoms with Crippen molar-refractivity contribution >= 4 is 17.8 Å². The molecule has 0 bridgehead atoms. The van der Waals surface area contributed by atoms with Crippen LogP contribution >= 0.6 is 0 Å². The molecule has 1 aromatic rings. The second-order valence-corrected chi connectivity index (χ2v) is 5.70. The minimum absolute atomic E-state index is 0.179. The monoisotopic (exact) mass is 322 g/mol. The van der Waals surface area contributed by atoms with Crippen LogP contribution in [0.4, 0.5) is 5.95 Å². The molecule has 0 aliphatic carbocycles. The van der Waals surface area contributed by atoms with E-state index < -0.39 is 11.4 Å². The average molecular weight is 322 g/mol. The maximum absolute atomic E-state index is 12.6. The Morgan fingerprint density at radius 1 is 1.43 bits per heavy atom. The summed E-state index contributed by atoms with van der Waals surface area (Å²) >= 11 is 0. The number of amides is 1. The molecule has 1 saturated heterocycles. The number of hydrogen-bond acceptors (Lipinski definition) is 6. The van der Waals surface area contributed by atoms with Crippen LogP contribution < -0.4 is 5.32 Å². The van der Waals surface area contributed by atoms with Crippen LogP contribution in [-0.4, -0.2) is 65.7 Å². The van der Waals surface area contributed by atoms with Crippen molar-refractivity contribution in [1.82, 2.24) is 14.9 Å². The third-order valence-corrected chi connectivity index (χ3v) is 4.22. The van der Waals surface area contributed by atoms with E-state index in [-0.39, 0.29) is 12.5 Å². The van der Waals surface area contributed by atoms with Gasteiger partial charge in [0.05, 0.1) is 11.0 Å². The van der Waals surface area contributed by atoms with Crippen molar-refractivity contribution in [3.05, 3.63) is 18.0 Å². The SMILES string of the molecule is CNc1ncc(C(=O)N2CCCC(CCOC)(C(=O)O)C2)cn1. The Labute approximate surface area is 134 Å². The fourth-order valence-corrected chi connectivity index (χ4v) is 2.84. The van der Waals surface area contributed by atoms with Gasteiger partial charge in [0.15, 0.2) is 0 Å². The van der Waals surface area contributed by atoms with Crippen LogP contribution in [0.1, 0.15) is 29.6 Å². The molecule has 0 radical (unpaired) electrons. The number of carbonyl (C=O) groups excluding carboxylic acids is 1. The molecule has 1 aliphatic heterocycles. The van der Waals surface area contributed by atoms with E-state index in [1.807, 2.05) is 0 Å². The Bertz CT molecular complexity index is 563. The van der Waals surface area contributed by atoms with Gasteiger partial charge >= 0.3 is 5.97 Å². The predicted molar refractivity (Wildman–Crippen MR) is 83.3 cm³/mol. The number of hydrogen-bond donors (Lipinski definition) is 2. The fourth-order valence-electron chi connectivity index (χ4n) is 2.84. The summed E-state index contributed by atoms with van der Waals surface area (Å²) in [6.07, 6.45) is 4.49. The van der Waals surface area contributed by atoms with Crippen LogP contribution in [0.3, 0.4) is 0 Å². The zero-order chi connectivity index (χ0) is 16.9. The highest BCUT2D eigenvalue weighted by molar-refractivity contribution is 5.94. The van der Waals surface area contributed by atoms with Crippen molar-refractivity contribution in [2.24, 2.45) is 5.41 Å².